The van der Waals surface area contributed by atoms with Gasteiger partial charge in [-0.2, -0.15) is 0 Å². The highest BCUT2D eigenvalue weighted by Crippen LogP contribution is 2.32. The lowest BCUT2D eigenvalue weighted by Gasteiger charge is -2.47. The Morgan fingerprint density at radius 3 is 1.40 bits per heavy atom. The third kappa shape index (κ3) is 4.85. The third-order valence-corrected chi connectivity index (χ3v) is 3.27. The molecule has 0 radical (unpaired) electrons. The molecule has 0 bridgehead atoms. The number of rotatable bonds is 2. The van der Waals surface area contributed by atoms with Crippen molar-refractivity contribution in [2.24, 2.45) is 5.41 Å². The zero-order valence-electron chi connectivity index (χ0n) is 15.0. The van der Waals surface area contributed by atoms with Crippen molar-refractivity contribution in [3.63, 3.8) is 0 Å². The van der Waals surface area contributed by atoms with Crippen molar-refractivity contribution in [1.29, 1.82) is 0 Å². The van der Waals surface area contributed by atoms with Crippen molar-refractivity contribution < 1.29 is 0 Å². The fourth-order valence-corrected chi connectivity index (χ4v) is 3.16. The minimum Gasteiger partial charge on any atom is -0.362 e. The average molecular weight is 275 g/mol. The molecule has 0 atom stereocenters. The van der Waals surface area contributed by atoms with Crippen LogP contribution in [0.25, 0.3) is 0 Å². The first-order chi connectivity index (χ1) is 8.81. The maximum atomic E-state index is 2.50. The lowest BCUT2D eigenvalue weighted by Crippen LogP contribution is -2.53. The summed E-state index contributed by atoms with van der Waals surface area (Å²) in [6, 6.07) is 9.12. The van der Waals surface area contributed by atoms with Crippen molar-refractivity contribution in [2.75, 3.05) is 4.90 Å². The van der Waals surface area contributed by atoms with Gasteiger partial charge in [0.25, 0.3) is 0 Å². The number of anilines is 1. The van der Waals surface area contributed by atoms with Crippen LogP contribution in [0.5, 0.6) is 0 Å². The first-order valence-electron chi connectivity index (χ1n) is 7.70. The van der Waals surface area contributed by atoms with Crippen LogP contribution in [0.15, 0.2) is 24.3 Å². The Balaban J connectivity index is 3.07. The van der Waals surface area contributed by atoms with Crippen LogP contribution in [0, 0.1) is 5.41 Å². The van der Waals surface area contributed by atoms with Gasteiger partial charge in [-0.1, -0.05) is 32.9 Å². The molecule has 1 rings (SSSR count). The molecule has 0 aliphatic carbocycles. The molecule has 0 aromatic heterocycles. The van der Waals surface area contributed by atoms with E-state index in [1.165, 1.54) is 11.3 Å². The van der Waals surface area contributed by atoms with Gasteiger partial charge in [0.1, 0.15) is 0 Å². The fraction of sp³-hybridized carbons (Fsp3) is 0.684. The van der Waals surface area contributed by atoms with E-state index in [0.29, 0.717) is 5.41 Å². The van der Waals surface area contributed by atoms with Gasteiger partial charge in [-0.25, -0.2) is 0 Å². The minimum atomic E-state index is 0.115. The molecule has 0 spiro atoms. The van der Waals surface area contributed by atoms with Gasteiger partial charge in [0, 0.05) is 16.8 Å². The van der Waals surface area contributed by atoms with Crippen LogP contribution >= 0.6 is 0 Å². The molecule has 0 N–H and O–H groups in total. The van der Waals surface area contributed by atoms with Crippen LogP contribution in [0.1, 0.15) is 67.9 Å². The van der Waals surface area contributed by atoms with Crippen molar-refractivity contribution >= 4 is 5.69 Å². The molecule has 0 aliphatic rings. The van der Waals surface area contributed by atoms with E-state index in [1.807, 2.05) is 0 Å². The predicted octanol–water partition coefficient (Wildman–Crippen LogP) is 5.68. The molecule has 0 aliphatic heterocycles. The summed E-state index contributed by atoms with van der Waals surface area (Å²) in [5.41, 5.74) is 3.30. The summed E-state index contributed by atoms with van der Waals surface area (Å²) >= 11 is 0. The van der Waals surface area contributed by atoms with Gasteiger partial charge in [-0.3, -0.25) is 0 Å². The largest absolute Gasteiger partial charge is 0.362 e. The van der Waals surface area contributed by atoms with Crippen LogP contribution in [-0.2, 0) is 6.42 Å². The zero-order valence-corrected chi connectivity index (χ0v) is 15.0. The molecular formula is C19H33N. The SMILES string of the molecule is CC(C)(C)Cc1ccc(N(C(C)(C)C)C(C)(C)C)cc1. The highest BCUT2D eigenvalue weighted by molar-refractivity contribution is 5.52. The summed E-state index contributed by atoms with van der Waals surface area (Å²) in [4.78, 5) is 2.50. The van der Waals surface area contributed by atoms with Crippen LogP contribution in [0.4, 0.5) is 5.69 Å². The molecule has 1 aromatic carbocycles. The summed E-state index contributed by atoms with van der Waals surface area (Å²) < 4.78 is 0. The Morgan fingerprint density at radius 1 is 0.700 bits per heavy atom. The second-order valence-electron chi connectivity index (χ2n) is 9.08. The van der Waals surface area contributed by atoms with Crippen LogP contribution in [-0.4, -0.2) is 11.1 Å². The van der Waals surface area contributed by atoms with E-state index >= 15 is 0 Å². The molecule has 0 amide bonds. The molecular weight excluding hydrogens is 242 g/mol. The van der Waals surface area contributed by atoms with E-state index < -0.39 is 0 Å². The second kappa shape index (κ2) is 5.42. The van der Waals surface area contributed by atoms with Crippen molar-refractivity contribution in [2.45, 2.75) is 79.8 Å². The van der Waals surface area contributed by atoms with Crippen LogP contribution in [0.3, 0.4) is 0 Å². The van der Waals surface area contributed by atoms with E-state index in [9.17, 15) is 0 Å². The van der Waals surface area contributed by atoms with E-state index in [4.69, 9.17) is 0 Å². The Morgan fingerprint density at radius 2 is 1.10 bits per heavy atom. The Kier molecular flexibility index (Phi) is 4.63. The van der Waals surface area contributed by atoms with Gasteiger partial charge in [0.05, 0.1) is 0 Å². The fourth-order valence-electron chi connectivity index (χ4n) is 3.16. The smallest absolute Gasteiger partial charge is 0.0375 e. The highest BCUT2D eigenvalue weighted by atomic mass is 15.2. The summed E-state index contributed by atoms with van der Waals surface area (Å²) in [6.45, 7) is 20.5. The first kappa shape index (κ1) is 17.1. The van der Waals surface area contributed by atoms with Crippen molar-refractivity contribution in [3.8, 4) is 0 Å². The zero-order chi connectivity index (χ0) is 15.8. The van der Waals surface area contributed by atoms with Gasteiger partial charge in [0.2, 0.25) is 0 Å². The molecule has 114 valence electrons. The summed E-state index contributed by atoms with van der Waals surface area (Å²) in [5.74, 6) is 0. The lowest BCUT2D eigenvalue weighted by atomic mass is 9.88. The molecule has 0 saturated carbocycles. The van der Waals surface area contributed by atoms with E-state index in [-0.39, 0.29) is 11.1 Å². The monoisotopic (exact) mass is 275 g/mol. The Bertz CT molecular complexity index is 407. The number of benzene rings is 1. The van der Waals surface area contributed by atoms with Crippen molar-refractivity contribution in [3.05, 3.63) is 29.8 Å². The third-order valence-electron chi connectivity index (χ3n) is 3.27. The summed E-state index contributed by atoms with van der Waals surface area (Å²) in [6.07, 6.45) is 1.12. The molecule has 0 fully saturated rings. The average Bonchev–Trinajstić information content (AvgIpc) is 2.14. The Labute approximate surface area is 126 Å². The topological polar surface area (TPSA) is 3.24 Å². The number of hydrogen-bond donors (Lipinski definition) is 0. The summed E-state index contributed by atoms with van der Waals surface area (Å²) in [7, 11) is 0. The van der Waals surface area contributed by atoms with Crippen LogP contribution in [0.2, 0.25) is 0 Å². The molecule has 1 heteroatoms. The molecule has 1 nitrogen and oxygen atoms in total. The quantitative estimate of drug-likeness (QED) is 0.671. The molecule has 0 saturated heterocycles. The van der Waals surface area contributed by atoms with E-state index in [2.05, 4.69) is 91.5 Å². The molecule has 1 aromatic rings. The Hall–Kier alpha value is -0.980. The highest BCUT2D eigenvalue weighted by Gasteiger charge is 2.31. The van der Waals surface area contributed by atoms with E-state index in [1.54, 1.807) is 0 Å². The predicted molar refractivity (Wildman–Crippen MR) is 91.6 cm³/mol. The van der Waals surface area contributed by atoms with Crippen molar-refractivity contribution in [1.82, 2.24) is 0 Å². The number of hydrogen-bond acceptors (Lipinski definition) is 1. The van der Waals surface area contributed by atoms with Gasteiger partial charge >= 0.3 is 0 Å². The molecule has 0 heterocycles. The standard InChI is InChI=1S/C19H33N/c1-17(2,3)14-15-10-12-16(13-11-15)20(18(4,5)6)19(7,8)9/h10-13H,14H2,1-9H3. The van der Waals surface area contributed by atoms with Gasteiger partial charge in [-0.05, 0) is 71.1 Å². The maximum absolute atomic E-state index is 2.50. The molecule has 20 heavy (non-hydrogen) atoms. The van der Waals surface area contributed by atoms with E-state index in [0.717, 1.165) is 6.42 Å². The summed E-state index contributed by atoms with van der Waals surface area (Å²) in [5, 5.41) is 0. The minimum absolute atomic E-state index is 0.115. The van der Waals surface area contributed by atoms with Crippen LogP contribution < -0.4 is 4.90 Å². The molecule has 0 unspecified atom stereocenters. The second-order valence-corrected chi connectivity index (χ2v) is 9.08. The normalized spacial score (nSPS) is 13.4. The first-order valence-corrected chi connectivity index (χ1v) is 7.70. The van der Waals surface area contributed by atoms with Gasteiger partial charge in [-0.15, -0.1) is 0 Å². The lowest BCUT2D eigenvalue weighted by molar-refractivity contribution is 0.380. The maximum Gasteiger partial charge on any atom is 0.0375 e. The van der Waals surface area contributed by atoms with Gasteiger partial charge in [0.15, 0.2) is 0 Å². The van der Waals surface area contributed by atoms with Gasteiger partial charge < -0.3 is 4.90 Å². The number of nitrogens with zero attached hydrogens (tertiary/aromatic N) is 1.